The Kier molecular flexibility index (Phi) is 2.22. The van der Waals surface area contributed by atoms with Gasteiger partial charge in [0.2, 0.25) is 5.78 Å². The van der Waals surface area contributed by atoms with E-state index in [1.54, 1.807) is 6.92 Å². The second-order valence-corrected chi connectivity index (χ2v) is 3.07. The summed E-state index contributed by atoms with van der Waals surface area (Å²) in [5, 5.41) is 10.4. The van der Waals surface area contributed by atoms with Crippen LogP contribution in [0.5, 0.6) is 0 Å². The first-order valence-corrected chi connectivity index (χ1v) is 3.79. The number of carbonyl (C=O) groups is 1. The highest BCUT2D eigenvalue weighted by Gasteiger charge is 2.37. The first-order valence-electron chi connectivity index (χ1n) is 3.79. The third kappa shape index (κ3) is 1.56. The molecule has 0 saturated heterocycles. The van der Waals surface area contributed by atoms with Crippen LogP contribution in [0.25, 0.3) is 0 Å². The fraction of sp³-hybridized carbons (Fsp3) is 0.857. The first-order chi connectivity index (χ1) is 5.13. The molecule has 0 aromatic heterocycles. The molecule has 0 N–H and O–H groups in total. The summed E-state index contributed by atoms with van der Waals surface area (Å²) < 4.78 is 0. The Morgan fingerprint density at radius 3 is 2.64 bits per heavy atom. The maximum absolute atomic E-state index is 11.0. The van der Waals surface area contributed by atoms with Gasteiger partial charge in [0.1, 0.15) is 0 Å². The molecule has 1 aliphatic carbocycles. The molecule has 4 heteroatoms. The van der Waals surface area contributed by atoms with Crippen molar-refractivity contribution in [3.8, 4) is 0 Å². The molecule has 1 saturated carbocycles. The third-order valence-electron chi connectivity index (χ3n) is 2.18. The van der Waals surface area contributed by atoms with Crippen LogP contribution in [0.4, 0.5) is 0 Å². The molecule has 0 bridgehead atoms. The normalized spacial score (nSPS) is 31.9. The standard InChI is InChI=1S/C7H11NO3/c1-5-3-2-4-6(9)7(5)8(10)11/h5,7H,2-4H2,1H3. The molecule has 0 heterocycles. The van der Waals surface area contributed by atoms with Crippen molar-refractivity contribution < 1.29 is 9.72 Å². The van der Waals surface area contributed by atoms with Crippen LogP contribution in [-0.2, 0) is 4.79 Å². The Hall–Kier alpha value is -0.930. The Labute approximate surface area is 64.7 Å². The fourth-order valence-corrected chi connectivity index (χ4v) is 1.55. The molecule has 0 aromatic rings. The largest absolute Gasteiger partial charge is 0.292 e. The van der Waals surface area contributed by atoms with E-state index in [2.05, 4.69) is 0 Å². The Bertz CT molecular complexity index is 190. The molecule has 0 aliphatic heterocycles. The molecule has 2 atom stereocenters. The molecular formula is C7H11NO3. The molecule has 62 valence electrons. The molecule has 11 heavy (non-hydrogen) atoms. The van der Waals surface area contributed by atoms with Gasteiger partial charge < -0.3 is 0 Å². The number of hydrogen-bond acceptors (Lipinski definition) is 3. The van der Waals surface area contributed by atoms with E-state index in [0.29, 0.717) is 6.42 Å². The molecule has 0 amide bonds. The van der Waals surface area contributed by atoms with Gasteiger partial charge in [0.05, 0.1) is 0 Å². The predicted molar refractivity (Wildman–Crippen MR) is 38.8 cm³/mol. The summed E-state index contributed by atoms with van der Waals surface area (Å²) in [7, 11) is 0. The van der Waals surface area contributed by atoms with E-state index in [4.69, 9.17) is 0 Å². The molecule has 2 unspecified atom stereocenters. The highest BCUT2D eigenvalue weighted by Crippen LogP contribution is 2.22. The molecule has 0 radical (unpaired) electrons. The third-order valence-corrected chi connectivity index (χ3v) is 2.18. The van der Waals surface area contributed by atoms with Crippen LogP contribution in [-0.4, -0.2) is 16.7 Å². The van der Waals surface area contributed by atoms with E-state index in [-0.39, 0.29) is 11.7 Å². The maximum Gasteiger partial charge on any atom is 0.272 e. The average Bonchev–Trinajstić information content (AvgIpc) is 1.85. The van der Waals surface area contributed by atoms with Crippen LogP contribution in [0.1, 0.15) is 26.2 Å². The van der Waals surface area contributed by atoms with Crippen molar-refractivity contribution in [2.24, 2.45) is 5.92 Å². The topological polar surface area (TPSA) is 60.2 Å². The minimum absolute atomic E-state index is 0.0775. The van der Waals surface area contributed by atoms with E-state index in [1.807, 2.05) is 0 Å². The lowest BCUT2D eigenvalue weighted by Crippen LogP contribution is -2.38. The van der Waals surface area contributed by atoms with Gasteiger partial charge in [-0.1, -0.05) is 6.92 Å². The first kappa shape index (κ1) is 8.17. The van der Waals surface area contributed by atoms with E-state index in [0.717, 1.165) is 12.8 Å². The maximum atomic E-state index is 11.0. The summed E-state index contributed by atoms with van der Waals surface area (Å²) in [6.07, 6.45) is 2.00. The van der Waals surface area contributed by atoms with Crippen LogP contribution in [0, 0.1) is 16.0 Å². The number of Topliss-reactive ketones (excluding diaryl/α,β-unsaturated/α-hetero) is 1. The number of ketones is 1. The molecule has 1 aliphatic rings. The molecule has 0 spiro atoms. The van der Waals surface area contributed by atoms with Crippen molar-refractivity contribution in [1.29, 1.82) is 0 Å². The minimum atomic E-state index is -0.927. The van der Waals surface area contributed by atoms with Crippen LogP contribution in [0.2, 0.25) is 0 Å². The van der Waals surface area contributed by atoms with Crippen molar-refractivity contribution in [3.63, 3.8) is 0 Å². The zero-order chi connectivity index (χ0) is 8.43. The van der Waals surface area contributed by atoms with Gasteiger partial charge in [-0.2, -0.15) is 0 Å². The lowest BCUT2D eigenvalue weighted by molar-refractivity contribution is -0.517. The lowest BCUT2D eigenvalue weighted by atomic mass is 9.85. The number of rotatable bonds is 1. The van der Waals surface area contributed by atoms with Gasteiger partial charge in [-0.05, 0) is 12.8 Å². The summed E-state index contributed by atoms with van der Waals surface area (Å²) in [5.41, 5.74) is 0. The summed E-state index contributed by atoms with van der Waals surface area (Å²) in [5.74, 6) is -0.278. The lowest BCUT2D eigenvalue weighted by Gasteiger charge is -2.19. The van der Waals surface area contributed by atoms with E-state index in [1.165, 1.54) is 0 Å². The number of hydrogen-bond donors (Lipinski definition) is 0. The monoisotopic (exact) mass is 157 g/mol. The summed E-state index contributed by atoms with van der Waals surface area (Å²) in [6.45, 7) is 1.77. The van der Waals surface area contributed by atoms with Gasteiger partial charge in [-0.25, -0.2) is 0 Å². The molecule has 1 rings (SSSR count). The van der Waals surface area contributed by atoms with Gasteiger partial charge >= 0.3 is 0 Å². The summed E-state index contributed by atoms with van der Waals surface area (Å²) >= 11 is 0. The van der Waals surface area contributed by atoms with Crippen molar-refractivity contribution in [2.45, 2.75) is 32.2 Å². The highest BCUT2D eigenvalue weighted by atomic mass is 16.6. The zero-order valence-corrected chi connectivity index (χ0v) is 6.45. The van der Waals surface area contributed by atoms with Crippen molar-refractivity contribution >= 4 is 5.78 Å². The van der Waals surface area contributed by atoms with Crippen LogP contribution >= 0.6 is 0 Å². The average molecular weight is 157 g/mol. The van der Waals surface area contributed by atoms with Gasteiger partial charge in [0.25, 0.3) is 6.04 Å². The van der Waals surface area contributed by atoms with E-state index < -0.39 is 11.0 Å². The summed E-state index contributed by atoms with van der Waals surface area (Å²) in [4.78, 5) is 20.9. The van der Waals surface area contributed by atoms with Gasteiger partial charge in [0.15, 0.2) is 0 Å². The van der Waals surface area contributed by atoms with Gasteiger partial charge in [0, 0.05) is 17.3 Å². The van der Waals surface area contributed by atoms with Gasteiger partial charge in [-0.3, -0.25) is 14.9 Å². The molecule has 1 fully saturated rings. The zero-order valence-electron chi connectivity index (χ0n) is 6.45. The van der Waals surface area contributed by atoms with Gasteiger partial charge in [-0.15, -0.1) is 0 Å². The van der Waals surface area contributed by atoms with Crippen LogP contribution < -0.4 is 0 Å². The fourth-order valence-electron chi connectivity index (χ4n) is 1.55. The van der Waals surface area contributed by atoms with E-state index >= 15 is 0 Å². The van der Waals surface area contributed by atoms with Crippen molar-refractivity contribution in [3.05, 3.63) is 10.1 Å². The van der Waals surface area contributed by atoms with Crippen LogP contribution in [0.3, 0.4) is 0 Å². The SMILES string of the molecule is CC1CCCC(=O)C1[N+](=O)[O-]. The quantitative estimate of drug-likeness (QED) is 0.421. The minimum Gasteiger partial charge on any atom is -0.292 e. The Morgan fingerprint density at radius 2 is 2.27 bits per heavy atom. The Balaban J connectivity index is 2.70. The number of nitro groups is 1. The van der Waals surface area contributed by atoms with Crippen molar-refractivity contribution in [1.82, 2.24) is 0 Å². The second kappa shape index (κ2) is 2.98. The Morgan fingerprint density at radius 1 is 1.64 bits per heavy atom. The second-order valence-electron chi connectivity index (χ2n) is 3.07. The molecular weight excluding hydrogens is 146 g/mol. The molecule has 0 aromatic carbocycles. The number of nitrogens with zero attached hydrogens (tertiary/aromatic N) is 1. The van der Waals surface area contributed by atoms with Crippen LogP contribution in [0.15, 0.2) is 0 Å². The molecule has 4 nitrogen and oxygen atoms in total. The number of carbonyl (C=O) groups excluding carboxylic acids is 1. The van der Waals surface area contributed by atoms with Crippen molar-refractivity contribution in [2.75, 3.05) is 0 Å². The smallest absolute Gasteiger partial charge is 0.272 e. The summed E-state index contributed by atoms with van der Waals surface area (Å²) in [6, 6.07) is -0.927. The predicted octanol–water partition coefficient (Wildman–Crippen LogP) is 1.02. The highest BCUT2D eigenvalue weighted by molar-refractivity contribution is 5.83. The van der Waals surface area contributed by atoms with E-state index in [9.17, 15) is 14.9 Å².